The molecule has 110 valence electrons. The molecule has 0 aliphatic heterocycles. The normalized spacial score (nSPS) is 10.3. The molecule has 2 aromatic rings. The van der Waals surface area contributed by atoms with Gasteiger partial charge in [-0.05, 0) is 55.3 Å². The number of Topliss-reactive ketones (excluding diaryl/α,β-unsaturated/α-hetero) is 1. The molecule has 0 saturated heterocycles. The molecule has 0 aliphatic carbocycles. The Morgan fingerprint density at radius 2 is 1.76 bits per heavy atom. The molecular weight excluding hydrogens is 271 g/mol. The minimum atomic E-state index is -0.560. The topological polar surface area (TPSA) is 35.5 Å². The third-order valence-electron chi connectivity index (χ3n) is 3.04. The van der Waals surface area contributed by atoms with Gasteiger partial charge in [0, 0.05) is 5.56 Å². The number of methoxy groups -OCH3 is 1. The monoisotopic (exact) mass is 288 g/mol. The lowest BCUT2D eigenvalue weighted by atomic mass is 10.1. The Labute approximate surface area is 123 Å². The third kappa shape index (κ3) is 3.81. The smallest absolute Gasteiger partial charge is 0.200 e. The number of hydrogen-bond acceptors (Lipinski definition) is 3. The maximum absolute atomic E-state index is 13.6. The SMILES string of the molecule is COc1ccc(C(=O)COc2cc(C)cc(C)c2)cc1F. The number of ether oxygens (including phenoxy) is 2. The van der Waals surface area contributed by atoms with Crippen LogP contribution in [0.3, 0.4) is 0 Å². The standard InChI is InChI=1S/C17H17FO3/c1-11-6-12(2)8-14(7-11)21-10-16(19)13-4-5-17(20-3)15(18)9-13/h4-9H,10H2,1-3H3. The van der Waals surface area contributed by atoms with Gasteiger partial charge in [0.1, 0.15) is 5.75 Å². The van der Waals surface area contributed by atoms with Crippen LogP contribution in [0, 0.1) is 19.7 Å². The molecule has 4 heteroatoms. The largest absolute Gasteiger partial charge is 0.494 e. The van der Waals surface area contributed by atoms with Crippen molar-refractivity contribution >= 4 is 5.78 Å². The summed E-state index contributed by atoms with van der Waals surface area (Å²) < 4.78 is 23.9. The van der Waals surface area contributed by atoms with Gasteiger partial charge in [-0.15, -0.1) is 0 Å². The Morgan fingerprint density at radius 1 is 1.10 bits per heavy atom. The Kier molecular flexibility index (Phi) is 4.58. The molecule has 0 radical (unpaired) electrons. The predicted octanol–water partition coefficient (Wildman–Crippen LogP) is 3.71. The van der Waals surface area contributed by atoms with Crippen molar-refractivity contribution in [1.82, 2.24) is 0 Å². The van der Waals surface area contributed by atoms with Gasteiger partial charge in [-0.1, -0.05) is 6.07 Å². The highest BCUT2D eigenvalue weighted by atomic mass is 19.1. The Bertz CT molecular complexity index is 645. The number of hydrogen-bond donors (Lipinski definition) is 0. The summed E-state index contributed by atoms with van der Waals surface area (Å²) in [4.78, 5) is 12.0. The van der Waals surface area contributed by atoms with Crippen LogP contribution in [-0.2, 0) is 0 Å². The summed E-state index contributed by atoms with van der Waals surface area (Å²) in [6.07, 6.45) is 0. The van der Waals surface area contributed by atoms with Crippen molar-refractivity contribution in [2.45, 2.75) is 13.8 Å². The molecular formula is C17H17FO3. The second-order valence-corrected chi connectivity index (χ2v) is 4.88. The molecule has 0 aliphatic rings. The number of carbonyl (C=O) groups is 1. The number of ketones is 1. The first-order chi connectivity index (χ1) is 9.99. The van der Waals surface area contributed by atoms with E-state index in [9.17, 15) is 9.18 Å². The molecule has 0 spiro atoms. The van der Waals surface area contributed by atoms with Crippen molar-refractivity contribution in [3.8, 4) is 11.5 Å². The zero-order valence-corrected chi connectivity index (χ0v) is 12.3. The zero-order valence-electron chi connectivity index (χ0n) is 12.3. The van der Waals surface area contributed by atoms with E-state index in [1.54, 1.807) is 0 Å². The molecule has 2 rings (SSSR count). The second kappa shape index (κ2) is 6.39. The van der Waals surface area contributed by atoms with E-state index in [4.69, 9.17) is 9.47 Å². The molecule has 21 heavy (non-hydrogen) atoms. The molecule has 0 heterocycles. The Morgan fingerprint density at radius 3 is 2.33 bits per heavy atom. The molecule has 0 unspecified atom stereocenters. The highest BCUT2D eigenvalue weighted by Crippen LogP contribution is 2.19. The van der Waals surface area contributed by atoms with Crippen LogP contribution in [-0.4, -0.2) is 19.5 Å². The van der Waals surface area contributed by atoms with Crippen LogP contribution in [0.25, 0.3) is 0 Å². The van der Waals surface area contributed by atoms with Crippen molar-refractivity contribution in [2.75, 3.05) is 13.7 Å². The molecule has 3 nitrogen and oxygen atoms in total. The lowest BCUT2D eigenvalue weighted by Gasteiger charge is -2.08. The summed E-state index contributed by atoms with van der Waals surface area (Å²) in [6.45, 7) is 3.79. The number of carbonyl (C=O) groups excluding carboxylic acids is 1. The molecule has 0 bridgehead atoms. The zero-order chi connectivity index (χ0) is 15.4. The third-order valence-corrected chi connectivity index (χ3v) is 3.04. The lowest BCUT2D eigenvalue weighted by molar-refractivity contribution is 0.0921. The van der Waals surface area contributed by atoms with Gasteiger partial charge >= 0.3 is 0 Å². The van der Waals surface area contributed by atoms with Gasteiger partial charge in [-0.25, -0.2) is 4.39 Å². The number of rotatable bonds is 5. The summed E-state index contributed by atoms with van der Waals surface area (Å²) in [5, 5.41) is 0. The van der Waals surface area contributed by atoms with E-state index >= 15 is 0 Å². The predicted molar refractivity (Wildman–Crippen MR) is 78.7 cm³/mol. The fourth-order valence-electron chi connectivity index (χ4n) is 2.09. The van der Waals surface area contributed by atoms with Gasteiger partial charge in [-0.2, -0.15) is 0 Å². The van der Waals surface area contributed by atoms with E-state index < -0.39 is 5.82 Å². The van der Waals surface area contributed by atoms with Gasteiger partial charge < -0.3 is 9.47 Å². The fourth-order valence-corrected chi connectivity index (χ4v) is 2.09. The average molecular weight is 288 g/mol. The van der Waals surface area contributed by atoms with Crippen molar-refractivity contribution in [3.63, 3.8) is 0 Å². The first kappa shape index (κ1) is 15.0. The quantitative estimate of drug-likeness (QED) is 0.787. The number of benzene rings is 2. The molecule has 0 saturated carbocycles. The van der Waals surface area contributed by atoms with Gasteiger partial charge in [0.05, 0.1) is 7.11 Å². The average Bonchev–Trinajstić information content (AvgIpc) is 2.43. The highest BCUT2D eigenvalue weighted by Gasteiger charge is 2.11. The Hall–Kier alpha value is -2.36. The van der Waals surface area contributed by atoms with Crippen LogP contribution < -0.4 is 9.47 Å². The van der Waals surface area contributed by atoms with E-state index in [0.717, 1.165) is 17.2 Å². The van der Waals surface area contributed by atoms with E-state index in [-0.39, 0.29) is 23.7 Å². The fraction of sp³-hybridized carbons (Fsp3) is 0.235. The molecule has 0 N–H and O–H groups in total. The van der Waals surface area contributed by atoms with E-state index in [0.29, 0.717) is 5.75 Å². The van der Waals surface area contributed by atoms with E-state index in [1.165, 1.54) is 19.2 Å². The van der Waals surface area contributed by atoms with E-state index in [1.807, 2.05) is 32.0 Å². The van der Waals surface area contributed by atoms with Gasteiger partial charge in [0.25, 0.3) is 0 Å². The second-order valence-electron chi connectivity index (χ2n) is 4.88. The number of aryl methyl sites for hydroxylation is 2. The van der Waals surface area contributed by atoms with Crippen molar-refractivity contribution < 1.29 is 18.7 Å². The van der Waals surface area contributed by atoms with Crippen molar-refractivity contribution in [2.24, 2.45) is 0 Å². The van der Waals surface area contributed by atoms with Crippen molar-refractivity contribution in [3.05, 3.63) is 58.9 Å². The minimum absolute atomic E-state index is 0.113. The molecule has 0 fully saturated rings. The van der Waals surface area contributed by atoms with E-state index in [2.05, 4.69) is 0 Å². The van der Waals surface area contributed by atoms with Crippen LogP contribution in [0.5, 0.6) is 11.5 Å². The van der Waals surface area contributed by atoms with Crippen LogP contribution in [0.15, 0.2) is 36.4 Å². The van der Waals surface area contributed by atoms with Crippen LogP contribution >= 0.6 is 0 Å². The lowest BCUT2D eigenvalue weighted by Crippen LogP contribution is -2.12. The van der Waals surface area contributed by atoms with Gasteiger partial charge in [0.15, 0.2) is 24.0 Å². The Balaban J connectivity index is 2.06. The number of halogens is 1. The molecule has 0 aromatic heterocycles. The van der Waals surface area contributed by atoms with Crippen LogP contribution in [0.2, 0.25) is 0 Å². The first-order valence-electron chi connectivity index (χ1n) is 6.57. The first-order valence-corrected chi connectivity index (χ1v) is 6.57. The maximum Gasteiger partial charge on any atom is 0.200 e. The minimum Gasteiger partial charge on any atom is -0.494 e. The molecule has 0 amide bonds. The molecule has 2 aromatic carbocycles. The molecule has 0 atom stereocenters. The maximum atomic E-state index is 13.6. The van der Waals surface area contributed by atoms with Crippen LogP contribution in [0.4, 0.5) is 4.39 Å². The van der Waals surface area contributed by atoms with Crippen molar-refractivity contribution in [1.29, 1.82) is 0 Å². The summed E-state index contributed by atoms with van der Waals surface area (Å²) in [5.74, 6) is -0.0953. The van der Waals surface area contributed by atoms with Crippen LogP contribution in [0.1, 0.15) is 21.5 Å². The van der Waals surface area contributed by atoms with Gasteiger partial charge in [-0.3, -0.25) is 4.79 Å². The summed E-state index contributed by atoms with van der Waals surface area (Å²) in [7, 11) is 1.38. The summed E-state index contributed by atoms with van der Waals surface area (Å²) in [5.41, 5.74) is 2.39. The summed E-state index contributed by atoms with van der Waals surface area (Å²) >= 11 is 0. The summed E-state index contributed by atoms with van der Waals surface area (Å²) in [6, 6.07) is 9.85. The van der Waals surface area contributed by atoms with Gasteiger partial charge in [0.2, 0.25) is 0 Å². The highest BCUT2D eigenvalue weighted by molar-refractivity contribution is 5.97.